The first-order valence-corrected chi connectivity index (χ1v) is 6.65. The number of halogens is 2. The number of aliphatic hydroxyl groups is 1. The zero-order chi connectivity index (χ0) is 14.8. The summed E-state index contributed by atoms with van der Waals surface area (Å²) in [6.07, 6.45) is 0. The number of nitrogens with zero attached hydrogens (tertiary/aromatic N) is 3. The van der Waals surface area contributed by atoms with Crippen LogP contribution in [0.2, 0.25) is 5.02 Å². The molecule has 21 heavy (non-hydrogen) atoms. The number of para-hydroxylation sites is 1. The highest BCUT2D eigenvalue weighted by Crippen LogP contribution is 2.30. The van der Waals surface area contributed by atoms with Gasteiger partial charge in [-0.15, -0.1) is 10.2 Å². The second-order valence-electron chi connectivity index (χ2n) is 4.37. The summed E-state index contributed by atoms with van der Waals surface area (Å²) >= 11 is 6.02. The first-order valence-electron chi connectivity index (χ1n) is 6.27. The molecule has 3 rings (SSSR count). The van der Waals surface area contributed by atoms with Crippen molar-refractivity contribution in [1.29, 1.82) is 0 Å². The summed E-state index contributed by atoms with van der Waals surface area (Å²) in [5.41, 5.74) is 1.19. The van der Waals surface area contributed by atoms with Gasteiger partial charge in [0.15, 0.2) is 11.6 Å². The standard InChI is InChI=1S/C15H11ClFN3O/c16-14-11(7-4-8-12(14)17)15-19-18-13(9-21)20(15)10-5-2-1-3-6-10/h1-8,21H,9H2. The minimum absolute atomic E-state index is 0.0217. The monoisotopic (exact) mass is 303 g/mol. The molecule has 0 aliphatic heterocycles. The quantitative estimate of drug-likeness (QED) is 0.808. The van der Waals surface area contributed by atoms with Crippen LogP contribution in [0, 0.1) is 5.82 Å². The van der Waals surface area contributed by atoms with Crippen LogP contribution in [0.1, 0.15) is 5.82 Å². The molecule has 6 heteroatoms. The zero-order valence-electron chi connectivity index (χ0n) is 10.9. The lowest BCUT2D eigenvalue weighted by Crippen LogP contribution is -2.03. The summed E-state index contributed by atoms with van der Waals surface area (Å²) in [5.74, 6) is 0.216. The lowest BCUT2D eigenvalue weighted by molar-refractivity contribution is 0.269. The van der Waals surface area contributed by atoms with Crippen LogP contribution in [0.25, 0.3) is 17.1 Å². The molecule has 1 N–H and O–H groups in total. The Bertz CT molecular complexity index is 774. The van der Waals surface area contributed by atoms with Crippen molar-refractivity contribution >= 4 is 11.6 Å². The maximum Gasteiger partial charge on any atom is 0.170 e. The Morgan fingerprint density at radius 3 is 2.52 bits per heavy atom. The predicted octanol–water partition coefficient (Wildman–Crippen LogP) is 3.22. The normalized spacial score (nSPS) is 10.8. The number of benzene rings is 2. The van der Waals surface area contributed by atoms with Crippen molar-refractivity contribution in [2.45, 2.75) is 6.61 Å². The van der Waals surface area contributed by atoms with Gasteiger partial charge in [-0.05, 0) is 24.3 Å². The minimum atomic E-state index is -0.526. The lowest BCUT2D eigenvalue weighted by Gasteiger charge is -2.10. The van der Waals surface area contributed by atoms with Crippen LogP contribution in [0.15, 0.2) is 48.5 Å². The molecule has 0 amide bonds. The summed E-state index contributed by atoms with van der Waals surface area (Å²) in [6.45, 7) is -0.283. The Labute approximate surface area is 125 Å². The Morgan fingerprint density at radius 2 is 1.81 bits per heavy atom. The van der Waals surface area contributed by atoms with E-state index in [-0.39, 0.29) is 11.6 Å². The molecular formula is C15H11ClFN3O. The van der Waals surface area contributed by atoms with Gasteiger partial charge in [-0.1, -0.05) is 35.9 Å². The van der Waals surface area contributed by atoms with E-state index in [1.54, 1.807) is 16.7 Å². The van der Waals surface area contributed by atoms with E-state index < -0.39 is 5.82 Å². The van der Waals surface area contributed by atoms with Crippen LogP contribution in [0.4, 0.5) is 4.39 Å². The molecule has 0 fully saturated rings. The third kappa shape index (κ3) is 2.41. The molecule has 0 unspecified atom stereocenters. The maximum absolute atomic E-state index is 13.6. The van der Waals surface area contributed by atoms with Crippen LogP contribution in [-0.4, -0.2) is 19.9 Å². The van der Waals surface area contributed by atoms with E-state index in [0.717, 1.165) is 5.69 Å². The molecule has 1 heterocycles. The second kappa shape index (κ2) is 5.63. The van der Waals surface area contributed by atoms with Gasteiger partial charge < -0.3 is 5.11 Å². The number of aliphatic hydroxyl groups excluding tert-OH is 1. The van der Waals surface area contributed by atoms with Crippen LogP contribution < -0.4 is 0 Å². The summed E-state index contributed by atoms with van der Waals surface area (Å²) in [5, 5.41) is 17.4. The molecule has 0 atom stereocenters. The van der Waals surface area contributed by atoms with E-state index in [2.05, 4.69) is 10.2 Å². The fraction of sp³-hybridized carbons (Fsp3) is 0.0667. The second-order valence-corrected chi connectivity index (χ2v) is 4.75. The fourth-order valence-corrected chi connectivity index (χ4v) is 2.33. The Kier molecular flexibility index (Phi) is 3.68. The molecule has 0 radical (unpaired) electrons. The minimum Gasteiger partial charge on any atom is -0.388 e. The topological polar surface area (TPSA) is 50.9 Å². The molecule has 0 aliphatic carbocycles. The average molecular weight is 304 g/mol. The van der Waals surface area contributed by atoms with Gasteiger partial charge in [0.25, 0.3) is 0 Å². The van der Waals surface area contributed by atoms with Crippen LogP contribution in [0.5, 0.6) is 0 Å². The third-order valence-electron chi connectivity index (χ3n) is 3.08. The van der Waals surface area contributed by atoms with Gasteiger partial charge >= 0.3 is 0 Å². The molecule has 2 aromatic carbocycles. The van der Waals surface area contributed by atoms with Crippen molar-refractivity contribution in [3.05, 3.63) is 65.2 Å². The van der Waals surface area contributed by atoms with Crippen molar-refractivity contribution in [2.75, 3.05) is 0 Å². The van der Waals surface area contributed by atoms with Gasteiger partial charge in [-0.3, -0.25) is 4.57 Å². The molecular weight excluding hydrogens is 293 g/mol. The van der Waals surface area contributed by atoms with Gasteiger partial charge in [-0.2, -0.15) is 0 Å². The highest BCUT2D eigenvalue weighted by Gasteiger charge is 2.18. The van der Waals surface area contributed by atoms with E-state index in [1.165, 1.54) is 6.07 Å². The molecule has 106 valence electrons. The smallest absolute Gasteiger partial charge is 0.170 e. The summed E-state index contributed by atoms with van der Waals surface area (Å²) in [7, 11) is 0. The third-order valence-corrected chi connectivity index (χ3v) is 3.46. The number of rotatable bonds is 3. The number of aromatic nitrogens is 3. The van der Waals surface area contributed by atoms with E-state index >= 15 is 0 Å². The van der Waals surface area contributed by atoms with E-state index in [4.69, 9.17) is 11.6 Å². The van der Waals surface area contributed by atoms with E-state index in [9.17, 15) is 9.50 Å². The lowest BCUT2D eigenvalue weighted by atomic mass is 10.2. The predicted molar refractivity (Wildman–Crippen MR) is 77.7 cm³/mol. The molecule has 0 saturated carbocycles. The Hall–Kier alpha value is -2.24. The Morgan fingerprint density at radius 1 is 1.05 bits per heavy atom. The van der Waals surface area contributed by atoms with E-state index in [1.807, 2.05) is 30.3 Å². The van der Waals surface area contributed by atoms with Gasteiger partial charge in [0.05, 0.1) is 5.02 Å². The Balaban J connectivity index is 2.25. The SMILES string of the molecule is OCc1nnc(-c2cccc(F)c2Cl)n1-c1ccccc1. The fourth-order valence-electron chi connectivity index (χ4n) is 2.12. The van der Waals surface area contributed by atoms with E-state index in [0.29, 0.717) is 17.2 Å². The summed E-state index contributed by atoms with van der Waals surface area (Å²) in [6, 6.07) is 13.8. The van der Waals surface area contributed by atoms with Crippen molar-refractivity contribution in [2.24, 2.45) is 0 Å². The number of hydrogen-bond donors (Lipinski definition) is 1. The number of hydrogen-bond acceptors (Lipinski definition) is 3. The van der Waals surface area contributed by atoms with Gasteiger partial charge in [-0.25, -0.2) is 4.39 Å². The zero-order valence-corrected chi connectivity index (χ0v) is 11.6. The molecule has 0 spiro atoms. The summed E-state index contributed by atoms with van der Waals surface area (Å²) < 4.78 is 15.3. The van der Waals surface area contributed by atoms with Crippen LogP contribution >= 0.6 is 11.6 Å². The highest BCUT2D eigenvalue weighted by molar-refractivity contribution is 6.33. The molecule has 0 bridgehead atoms. The first kappa shape index (κ1) is 13.7. The maximum atomic E-state index is 13.6. The summed E-state index contributed by atoms with van der Waals surface area (Å²) in [4.78, 5) is 0. The van der Waals surface area contributed by atoms with Crippen molar-refractivity contribution in [3.63, 3.8) is 0 Å². The largest absolute Gasteiger partial charge is 0.388 e. The molecule has 0 saturated heterocycles. The molecule has 0 aliphatic rings. The van der Waals surface area contributed by atoms with Crippen LogP contribution in [0.3, 0.4) is 0 Å². The first-order chi connectivity index (χ1) is 10.2. The van der Waals surface area contributed by atoms with Gasteiger partial charge in [0, 0.05) is 11.3 Å². The van der Waals surface area contributed by atoms with Gasteiger partial charge in [0.2, 0.25) is 0 Å². The average Bonchev–Trinajstić information content (AvgIpc) is 2.94. The van der Waals surface area contributed by atoms with Gasteiger partial charge in [0.1, 0.15) is 12.4 Å². The van der Waals surface area contributed by atoms with Crippen molar-refractivity contribution < 1.29 is 9.50 Å². The van der Waals surface area contributed by atoms with Crippen molar-refractivity contribution in [3.8, 4) is 17.1 Å². The molecule has 1 aromatic heterocycles. The molecule has 3 aromatic rings. The highest BCUT2D eigenvalue weighted by atomic mass is 35.5. The molecule has 4 nitrogen and oxygen atoms in total. The van der Waals surface area contributed by atoms with Crippen LogP contribution in [-0.2, 0) is 6.61 Å². The van der Waals surface area contributed by atoms with Crippen molar-refractivity contribution in [1.82, 2.24) is 14.8 Å².